The van der Waals surface area contributed by atoms with Crippen LogP contribution in [0.25, 0.3) is 6.08 Å². The molecule has 2 unspecified atom stereocenters. The number of hydrogen-bond donors (Lipinski definition) is 2. The van der Waals surface area contributed by atoms with Gasteiger partial charge in [0.15, 0.2) is 23.0 Å². The van der Waals surface area contributed by atoms with E-state index in [9.17, 15) is 24.8 Å². The highest BCUT2D eigenvalue weighted by Crippen LogP contribution is 2.64. The number of esters is 2. The Morgan fingerprint density at radius 2 is 1.85 bits per heavy atom. The van der Waals surface area contributed by atoms with E-state index in [0.29, 0.717) is 51.7 Å². The molecule has 0 aromatic heterocycles. The molecule has 7 atom stereocenters. The standard InChI is InChI=1S/C40H40N4O9S/c1-19-13-23-14-25-26(15-41)44-27-16-50-40(48)24(42-28(46)12-11-22-9-7-6-8-10-22)17-54-39(33(44)32(43(25)4)29(23)34(47)35(19)49-5)31-30(27)38-37(51-18-52-38)20(2)36(31)53-21(3)45/h6-13,24-27,32-33,39,47H,14,16-18H2,1-5H3,(H,42,46)/b12-11+/t24?,25-,26-,27-,32+,33?,39+/m0/s1. The molecule has 6 aliphatic heterocycles. The number of amides is 1. The minimum absolute atomic E-state index is 0.0280. The topological polar surface area (TPSA) is 160 Å². The van der Waals surface area contributed by atoms with Crippen molar-refractivity contribution >= 4 is 35.7 Å². The summed E-state index contributed by atoms with van der Waals surface area (Å²) in [4.78, 5) is 44.2. The maximum Gasteiger partial charge on any atom is 0.329 e. The molecule has 0 radical (unpaired) electrons. The van der Waals surface area contributed by atoms with Gasteiger partial charge in [0.1, 0.15) is 24.4 Å². The zero-order valence-electron chi connectivity index (χ0n) is 30.5. The van der Waals surface area contributed by atoms with Crippen LogP contribution in [0.2, 0.25) is 0 Å². The van der Waals surface area contributed by atoms with Crippen molar-refractivity contribution in [1.82, 2.24) is 15.1 Å². The first-order chi connectivity index (χ1) is 26.0. The van der Waals surface area contributed by atoms with Crippen LogP contribution in [0.15, 0.2) is 42.5 Å². The number of methoxy groups -OCH3 is 1. The van der Waals surface area contributed by atoms with Gasteiger partial charge in [0, 0.05) is 53.1 Å². The summed E-state index contributed by atoms with van der Waals surface area (Å²) in [6.45, 7) is 4.74. The van der Waals surface area contributed by atoms with E-state index in [2.05, 4.69) is 21.2 Å². The quantitative estimate of drug-likeness (QED) is 0.214. The van der Waals surface area contributed by atoms with Crippen molar-refractivity contribution in [2.45, 2.75) is 68.7 Å². The van der Waals surface area contributed by atoms with Crippen LogP contribution >= 0.6 is 11.8 Å². The Morgan fingerprint density at radius 1 is 1.09 bits per heavy atom. The smallest absolute Gasteiger partial charge is 0.329 e. The molecule has 0 aliphatic carbocycles. The lowest BCUT2D eigenvalue weighted by Crippen LogP contribution is -2.69. The largest absolute Gasteiger partial charge is 0.504 e. The number of phenols is 1. The summed E-state index contributed by atoms with van der Waals surface area (Å²) >= 11 is 1.38. The Labute approximate surface area is 316 Å². The molecule has 6 aliphatic rings. The highest BCUT2D eigenvalue weighted by atomic mass is 32.2. The van der Waals surface area contributed by atoms with Gasteiger partial charge < -0.3 is 34.1 Å². The van der Waals surface area contributed by atoms with Crippen molar-refractivity contribution in [1.29, 1.82) is 5.26 Å². The Morgan fingerprint density at radius 3 is 2.57 bits per heavy atom. The number of phenolic OH excluding ortho intramolecular Hbond substituents is 1. The van der Waals surface area contributed by atoms with Crippen LogP contribution < -0.4 is 24.3 Å². The number of benzene rings is 3. The number of piperazine rings is 1. The molecule has 13 nitrogen and oxygen atoms in total. The summed E-state index contributed by atoms with van der Waals surface area (Å²) in [5.74, 6) is 0.0135. The number of nitrogens with one attached hydrogen (secondary N) is 1. The Bertz CT molecular complexity index is 2140. The summed E-state index contributed by atoms with van der Waals surface area (Å²) in [6.07, 6.45) is 3.53. The number of aryl methyl sites for hydroxylation is 1. The highest BCUT2D eigenvalue weighted by Gasteiger charge is 2.60. The molecule has 14 heteroatoms. The van der Waals surface area contributed by atoms with Crippen molar-refractivity contribution in [2.24, 2.45) is 0 Å². The van der Waals surface area contributed by atoms with Crippen LogP contribution in [0.5, 0.6) is 28.7 Å². The third kappa shape index (κ3) is 5.64. The normalized spacial score (nSPS) is 26.9. The molecule has 54 heavy (non-hydrogen) atoms. The zero-order chi connectivity index (χ0) is 38.0. The SMILES string of the molecule is COc1c(C)cc2c(c1O)[C@@H]1C3[C@@H]4SCC(NC(=O)/C=C/c5ccccc5)C(=O)OC[C@@H](c5c6c(c(C)c(OC(C)=O)c54)OCO6)N3[C@@H](C#N)[C@H](C2)N1C. The number of fused-ring (bicyclic) bond motifs is 10. The van der Waals surface area contributed by atoms with Gasteiger partial charge in [0.2, 0.25) is 12.7 Å². The van der Waals surface area contributed by atoms with Crippen LogP contribution in [-0.4, -0.2) is 90.2 Å². The van der Waals surface area contributed by atoms with Crippen LogP contribution in [0.3, 0.4) is 0 Å². The van der Waals surface area contributed by atoms with E-state index in [4.69, 9.17) is 23.7 Å². The fourth-order valence-electron chi connectivity index (χ4n) is 9.02. The van der Waals surface area contributed by atoms with Crippen LogP contribution in [0.4, 0.5) is 0 Å². The predicted molar refractivity (Wildman–Crippen MR) is 197 cm³/mol. The predicted octanol–water partition coefficient (Wildman–Crippen LogP) is 4.43. The number of nitriles is 1. The monoisotopic (exact) mass is 752 g/mol. The van der Waals surface area contributed by atoms with Gasteiger partial charge >= 0.3 is 11.9 Å². The molecule has 0 spiro atoms. The van der Waals surface area contributed by atoms with Crippen molar-refractivity contribution in [2.75, 3.05) is 33.3 Å². The fraction of sp³-hybridized carbons (Fsp3) is 0.400. The Balaban J connectivity index is 1.32. The van der Waals surface area contributed by atoms with E-state index in [1.807, 2.05) is 50.4 Å². The summed E-state index contributed by atoms with van der Waals surface area (Å²) < 4.78 is 29.9. The summed E-state index contributed by atoms with van der Waals surface area (Å²) in [5.41, 5.74) is 5.06. The molecule has 280 valence electrons. The number of ether oxygens (including phenoxy) is 5. The third-order valence-electron chi connectivity index (χ3n) is 11.2. The van der Waals surface area contributed by atoms with E-state index in [1.165, 1.54) is 31.9 Å². The number of thioether (sulfide) groups is 1. The number of nitrogens with zero attached hydrogens (tertiary/aromatic N) is 3. The molecule has 9 rings (SSSR count). The minimum Gasteiger partial charge on any atom is -0.504 e. The molecule has 0 saturated carbocycles. The number of likely N-dealkylation sites (N-methyl/N-ethyl adjacent to an activating group) is 1. The van der Waals surface area contributed by atoms with Gasteiger partial charge in [-0.15, -0.1) is 11.8 Å². The molecular weight excluding hydrogens is 713 g/mol. The number of aromatic hydroxyl groups is 1. The Kier molecular flexibility index (Phi) is 9.20. The minimum atomic E-state index is -1.04. The lowest BCUT2D eigenvalue weighted by molar-refractivity contribution is -0.152. The molecule has 2 fully saturated rings. The van der Waals surface area contributed by atoms with E-state index in [1.54, 1.807) is 13.0 Å². The van der Waals surface area contributed by atoms with E-state index in [0.717, 1.165) is 16.7 Å². The highest BCUT2D eigenvalue weighted by molar-refractivity contribution is 7.99. The van der Waals surface area contributed by atoms with Gasteiger partial charge in [0.05, 0.1) is 30.5 Å². The first kappa shape index (κ1) is 35.8. The van der Waals surface area contributed by atoms with Crippen LogP contribution in [0.1, 0.15) is 63.2 Å². The molecule has 4 bridgehead atoms. The molecule has 2 saturated heterocycles. The number of hydrogen-bond acceptors (Lipinski definition) is 13. The van der Waals surface area contributed by atoms with E-state index >= 15 is 0 Å². The summed E-state index contributed by atoms with van der Waals surface area (Å²) in [7, 11) is 3.48. The molecule has 3 aromatic rings. The van der Waals surface area contributed by atoms with Crippen molar-refractivity contribution in [3.8, 4) is 34.8 Å². The lowest BCUT2D eigenvalue weighted by atomic mass is 9.71. The molecule has 1 amide bonds. The van der Waals surface area contributed by atoms with Crippen molar-refractivity contribution < 1.29 is 43.2 Å². The second-order valence-corrected chi connectivity index (χ2v) is 15.4. The number of rotatable bonds is 5. The lowest BCUT2D eigenvalue weighted by Gasteiger charge is -2.61. The van der Waals surface area contributed by atoms with Crippen LogP contribution in [0, 0.1) is 25.2 Å². The fourth-order valence-corrected chi connectivity index (χ4v) is 10.5. The van der Waals surface area contributed by atoms with Crippen molar-refractivity contribution in [3.63, 3.8) is 0 Å². The molecule has 3 aromatic carbocycles. The van der Waals surface area contributed by atoms with E-state index in [-0.39, 0.29) is 30.9 Å². The van der Waals surface area contributed by atoms with Gasteiger partial charge in [0.25, 0.3) is 0 Å². The zero-order valence-corrected chi connectivity index (χ0v) is 31.3. The van der Waals surface area contributed by atoms with Gasteiger partial charge in [-0.2, -0.15) is 5.26 Å². The van der Waals surface area contributed by atoms with Gasteiger partial charge in [-0.25, -0.2) is 4.79 Å². The Hall–Kier alpha value is -5.23. The van der Waals surface area contributed by atoms with Gasteiger partial charge in [-0.3, -0.25) is 19.4 Å². The van der Waals surface area contributed by atoms with Crippen molar-refractivity contribution in [3.05, 3.63) is 81.4 Å². The number of carbonyl (C=O) groups is 3. The summed E-state index contributed by atoms with van der Waals surface area (Å²) in [5, 5.41) is 25.2. The van der Waals surface area contributed by atoms with Crippen LogP contribution in [-0.2, 0) is 25.5 Å². The molecule has 2 N–H and O–H groups in total. The molecule has 6 heterocycles. The second kappa shape index (κ2) is 13.9. The maximum absolute atomic E-state index is 13.9. The van der Waals surface area contributed by atoms with Gasteiger partial charge in [-0.1, -0.05) is 36.4 Å². The first-order valence-electron chi connectivity index (χ1n) is 17.8. The average molecular weight is 753 g/mol. The van der Waals surface area contributed by atoms with Gasteiger partial charge in [-0.05, 0) is 50.1 Å². The summed E-state index contributed by atoms with van der Waals surface area (Å²) in [6, 6.07) is 10.1. The number of carbonyl (C=O) groups excluding carboxylic acids is 3. The second-order valence-electron chi connectivity index (χ2n) is 14.2. The third-order valence-corrected chi connectivity index (χ3v) is 12.6. The molecular formula is C40H40N4O9S. The first-order valence-corrected chi connectivity index (χ1v) is 18.8. The van der Waals surface area contributed by atoms with E-state index < -0.39 is 53.3 Å². The average Bonchev–Trinajstić information content (AvgIpc) is 3.64. The maximum atomic E-state index is 13.9.